The second-order valence-electron chi connectivity index (χ2n) is 4.21. The van der Waals surface area contributed by atoms with Crippen LogP contribution in [0.5, 0.6) is 0 Å². The average molecular weight is 237 g/mol. The molecule has 1 heterocycles. The number of amides is 1. The summed E-state index contributed by atoms with van der Waals surface area (Å²) in [4.78, 5) is 29.1. The normalized spacial score (nSPS) is 14.4. The highest BCUT2D eigenvalue weighted by Gasteiger charge is 2.21. The molecular weight excluding hydrogens is 220 g/mol. The summed E-state index contributed by atoms with van der Waals surface area (Å²) in [5, 5.41) is 2.54. The number of hydrogen-bond acceptors (Lipinski definition) is 4. The number of nitrogens with zero attached hydrogens (tertiary/aromatic N) is 1. The van der Waals surface area contributed by atoms with Crippen molar-refractivity contribution in [2.75, 3.05) is 0 Å². The Kier molecular flexibility index (Phi) is 4.84. The van der Waals surface area contributed by atoms with Crippen LogP contribution in [-0.4, -0.2) is 34.2 Å². The van der Waals surface area contributed by atoms with Crippen molar-refractivity contribution < 1.29 is 9.59 Å². The molecule has 0 saturated carbocycles. The van der Waals surface area contributed by atoms with E-state index in [0.29, 0.717) is 12.1 Å². The molecule has 6 nitrogen and oxygen atoms in total. The lowest BCUT2D eigenvalue weighted by Crippen LogP contribution is -2.49. The standard InChI is InChI=1S/C11H17N4O2/c1-7(2)10(12)11(17)15-9(5-16)3-8-4-13-6-14-8/h4,6-7,9-10H,3,12H2,1-2H3,(H,13,14)(H,15,17)/t9-,10-/m0/s1. The third-order valence-electron chi connectivity index (χ3n) is 2.45. The molecular formula is C11H17N4O2. The van der Waals surface area contributed by atoms with Crippen LogP contribution in [0.3, 0.4) is 0 Å². The van der Waals surface area contributed by atoms with Gasteiger partial charge in [-0.05, 0) is 5.92 Å². The van der Waals surface area contributed by atoms with E-state index < -0.39 is 12.1 Å². The molecule has 6 heteroatoms. The molecule has 0 spiro atoms. The van der Waals surface area contributed by atoms with Crippen LogP contribution in [0.25, 0.3) is 0 Å². The fourth-order valence-electron chi connectivity index (χ4n) is 1.30. The van der Waals surface area contributed by atoms with E-state index in [1.807, 2.05) is 13.8 Å². The average Bonchev–Trinajstić information content (AvgIpc) is 2.79. The van der Waals surface area contributed by atoms with E-state index in [2.05, 4.69) is 15.3 Å². The molecule has 0 aliphatic heterocycles. The number of imidazole rings is 1. The predicted octanol–water partition coefficient (Wildman–Crippen LogP) is -0.470. The van der Waals surface area contributed by atoms with Crippen molar-refractivity contribution in [3.05, 3.63) is 18.2 Å². The van der Waals surface area contributed by atoms with Gasteiger partial charge in [-0.25, -0.2) is 4.98 Å². The lowest BCUT2D eigenvalue weighted by Gasteiger charge is -2.17. The third-order valence-corrected chi connectivity index (χ3v) is 2.45. The Morgan fingerprint density at radius 2 is 2.35 bits per heavy atom. The summed E-state index contributed by atoms with van der Waals surface area (Å²) < 4.78 is 0. The molecule has 93 valence electrons. The van der Waals surface area contributed by atoms with Gasteiger partial charge in [-0.2, -0.15) is 0 Å². The molecule has 1 aromatic heterocycles. The lowest BCUT2D eigenvalue weighted by atomic mass is 10.0. The van der Waals surface area contributed by atoms with Gasteiger partial charge in [0.15, 0.2) is 0 Å². The van der Waals surface area contributed by atoms with Gasteiger partial charge < -0.3 is 16.0 Å². The molecule has 17 heavy (non-hydrogen) atoms. The molecule has 0 aromatic carbocycles. The SMILES string of the molecule is CC(C)[C@H](N)C(=O)N[C@H]([C]=O)Cc1c[nH]cn1. The number of nitrogens with two attached hydrogens (primary N) is 1. The van der Waals surface area contributed by atoms with Crippen LogP contribution in [0.15, 0.2) is 12.5 Å². The summed E-state index contributed by atoms with van der Waals surface area (Å²) in [5.41, 5.74) is 6.36. The van der Waals surface area contributed by atoms with Crippen LogP contribution in [0.4, 0.5) is 0 Å². The number of H-pyrrole nitrogens is 1. The van der Waals surface area contributed by atoms with Gasteiger partial charge in [0, 0.05) is 12.6 Å². The highest BCUT2D eigenvalue weighted by atomic mass is 16.2. The van der Waals surface area contributed by atoms with Crippen LogP contribution in [-0.2, 0) is 16.0 Å². The first-order valence-corrected chi connectivity index (χ1v) is 5.46. The van der Waals surface area contributed by atoms with Gasteiger partial charge in [0.1, 0.15) is 6.04 Å². The Balaban J connectivity index is 2.52. The van der Waals surface area contributed by atoms with Crippen molar-refractivity contribution in [1.29, 1.82) is 0 Å². The summed E-state index contributed by atoms with van der Waals surface area (Å²) in [5.74, 6) is -0.323. The summed E-state index contributed by atoms with van der Waals surface area (Å²) in [7, 11) is 0. The van der Waals surface area contributed by atoms with E-state index in [1.165, 1.54) is 6.33 Å². The molecule has 1 amide bonds. The van der Waals surface area contributed by atoms with E-state index in [9.17, 15) is 9.59 Å². The summed E-state index contributed by atoms with van der Waals surface area (Å²) in [6.07, 6.45) is 5.26. The van der Waals surface area contributed by atoms with E-state index in [-0.39, 0.29) is 11.8 Å². The molecule has 0 unspecified atom stereocenters. The Labute approximate surface area is 100.0 Å². The van der Waals surface area contributed by atoms with E-state index in [4.69, 9.17) is 5.73 Å². The number of aromatic amines is 1. The zero-order chi connectivity index (χ0) is 12.8. The zero-order valence-corrected chi connectivity index (χ0v) is 9.93. The number of nitrogens with one attached hydrogen (secondary N) is 2. The lowest BCUT2D eigenvalue weighted by molar-refractivity contribution is -0.123. The van der Waals surface area contributed by atoms with Crippen molar-refractivity contribution in [2.45, 2.75) is 32.4 Å². The molecule has 2 atom stereocenters. The summed E-state index contributed by atoms with van der Waals surface area (Å²) >= 11 is 0. The quantitative estimate of drug-likeness (QED) is 0.622. The zero-order valence-electron chi connectivity index (χ0n) is 9.93. The van der Waals surface area contributed by atoms with Crippen LogP contribution in [0.2, 0.25) is 0 Å². The van der Waals surface area contributed by atoms with Crippen molar-refractivity contribution in [3.8, 4) is 0 Å². The Morgan fingerprint density at radius 3 is 2.82 bits per heavy atom. The molecule has 1 radical (unpaired) electrons. The fraction of sp³-hybridized carbons (Fsp3) is 0.545. The monoisotopic (exact) mass is 237 g/mol. The summed E-state index contributed by atoms with van der Waals surface area (Å²) in [6.45, 7) is 3.69. The highest BCUT2D eigenvalue weighted by Crippen LogP contribution is 2.00. The maximum Gasteiger partial charge on any atom is 0.237 e. The van der Waals surface area contributed by atoms with E-state index in [0.717, 1.165) is 0 Å². The van der Waals surface area contributed by atoms with Gasteiger partial charge in [0.05, 0.1) is 18.1 Å². The molecule has 0 saturated heterocycles. The minimum atomic E-state index is -0.712. The third kappa shape index (κ3) is 3.99. The largest absolute Gasteiger partial charge is 0.351 e. The number of hydrogen-bond donors (Lipinski definition) is 3. The minimum absolute atomic E-state index is 0.0210. The first-order valence-electron chi connectivity index (χ1n) is 5.46. The van der Waals surface area contributed by atoms with E-state index in [1.54, 1.807) is 12.5 Å². The molecule has 0 aliphatic carbocycles. The minimum Gasteiger partial charge on any atom is -0.351 e. The highest BCUT2D eigenvalue weighted by molar-refractivity contribution is 5.84. The van der Waals surface area contributed by atoms with Gasteiger partial charge in [-0.15, -0.1) is 0 Å². The van der Waals surface area contributed by atoms with Gasteiger partial charge in [0.25, 0.3) is 0 Å². The number of aromatic nitrogens is 2. The predicted molar refractivity (Wildman–Crippen MR) is 62.7 cm³/mol. The van der Waals surface area contributed by atoms with Gasteiger partial charge in [0.2, 0.25) is 12.2 Å². The first kappa shape index (κ1) is 13.4. The summed E-state index contributed by atoms with van der Waals surface area (Å²) in [6, 6.07) is -1.33. The number of rotatable bonds is 6. The number of carbonyl (C=O) groups is 1. The van der Waals surface area contributed by atoms with Crippen molar-refractivity contribution in [1.82, 2.24) is 15.3 Å². The molecule has 0 bridgehead atoms. The van der Waals surface area contributed by atoms with E-state index >= 15 is 0 Å². The van der Waals surface area contributed by atoms with Gasteiger partial charge >= 0.3 is 0 Å². The molecule has 0 fully saturated rings. The van der Waals surface area contributed by atoms with Gasteiger partial charge in [-0.1, -0.05) is 13.8 Å². The smallest absolute Gasteiger partial charge is 0.237 e. The maximum atomic E-state index is 11.6. The number of carbonyl (C=O) groups excluding carboxylic acids is 2. The topological polar surface area (TPSA) is 101 Å². The van der Waals surface area contributed by atoms with Crippen LogP contribution in [0.1, 0.15) is 19.5 Å². The van der Waals surface area contributed by atoms with Crippen LogP contribution in [0, 0.1) is 5.92 Å². The Hall–Kier alpha value is -1.69. The van der Waals surface area contributed by atoms with Crippen LogP contribution < -0.4 is 11.1 Å². The molecule has 1 aromatic rings. The first-order chi connectivity index (χ1) is 8.04. The molecule has 0 aliphatic rings. The Morgan fingerprint density at radius 1 is 1.65 bits per heavy atom. The van der Waals surface area contributed by atoms with Gasteiger partial charge in [-0.3, -0.25) is 9.59 Å². The van der Waals surface area contributed by atoms with Crippen molar-refractivity contribution in [2.24, 2.45) is 11.7 Å². The van der Waals surface area contributed by atoms with Crippen LogP contribution >= 0.6 is 0 Å². The second kappa shape index (κ2) is 6.15. The maximum absolute atomic E-state index is 11.6. The van der Waals surface area contributed by atoms with Crippen molar-refractivity contribution in [3.63, 3.8) is 0 Å². The van der Waals surface area contributed by atoms with Crippen molar-refractivity contribution >= 4 is 12.2 Å². The Bertz CT molecular complexity index is 362. The fourth-order valence-corrected chi connectivity index (χ4v) is 1.30. The molecule has 4 N–H and O–H groups in total. The second-order valence-corrected chi connectivity index (χ2v) is 4.21. The molecule has 1 rings (SSSR count).